The first kappa shape index (κ1) is 23.9. The van der Waals surface area contributed by atoms with Crippen LogP contribution in [0.5, 0.6) is 0 Å². The van der Waals surface area contributed by atoms with Crippen LogP contribution < -0.4 is 0 Å². The number of hydrogen-bond acceptors (Lipinski definition) is 0. The van der Waals surface area contributed by atoms with E-state index in [9.17, 15) is 0 Å². The van der Waals surface area contributed by atoms with Crippen LogP contribution >= 0.6 is 0 Å². The summed E-state index contributed by atoms with van der Waals surface area (Å²) in [7, 11) is 0. The van der Waals surface area contributed by atoms with Gasteiger partial charge >= 0.3 is 0 Å². The summed E-state index contributed by atoms with van der Waals surface area (Å²) >= 11 is 0. The molecule has 0 N–H and O–H groups in total. The number of hydrogen-bond donors (Lipinski definition) is 0. The Morgan fingerprint density at radius 2 is 0.727 bits per heavy atom. The minimum atomic E-state index is 0. The molecule has 0 saturated heterocycles. The fourth-order valence-corrected chi connectivity index (χ4v) is 1.90. The van der Waals surface area contributed by atoms with Crippen LogP contribution in [0.3, 0.4) is 0 Å². The maximum Gasteiger partial charge on any atom is 0 e. The van der Waals surface area contributed by atoms with Crippen LogP contribution in [0.15, 0.2) is 48.5 Å². The Balaban J connectivity index is 0. The van der Waals surface area contributed by atoms with Crippen molar-refractivity contribution in [2.45, 2.75) is 53.4 Å². The quantitative estimate of drug-likeness (QED) is 0.457. The van der Waals surface area contributed by atoms with Gasteiger partial charge in [-0.25, -0.2) is 0 Å². The number of benzene rings is 2. The van der Waals surface area contributed by atoms with Gasteiger partial charge < -0.3 is 0 Å². The van der Waals surface area contributed by atoms with Crippen LogP contribution in [-0.2, 0) is 39.0 Å². The average molecular weight is 471 g/mol. The van der Waals surface area contributed by atoms with Crippen LogP contribution in [0.4, 0.5) is 0 Å². The molecule has 2 aromatic carbocycles. The van der Waals surface area contributed by atoms with Gasteiger partial charge in [0.15, 0.2) is 0 Å². The van der Waals surface area contributed by atoms with E-state index in [1.54, 1.807) is 0 Å². The molecule has 0 nitrogen and oxygen atoms in total. The fraction of sp³-hybridized carbons (Fsp3) is 0.400. The summed E-state index contributed by atoms with van der Waals surface area (Å²) in [5, 5.41) is 0. The molecular weight excluding hydrogens is 442 g/mol. The molecule has 0 aliphatic rings. The third kappa shape index (κ3) is 8.97. The van der Waals surface area contributed by atoms with E-state index in [-0.39, 0.29) is 39.0 Å². The van der Waals surface area contributed by atoms with Crippen LogP contribution in [-0.4, -0.2) is 0 Å². The largest absolute Gasteiger partial charge is 0.0590 e. The van der Waals surface area contributed by atoms with E-state index >= 15 is 0 Å². The smallest absolute Gasteiger partial charge is 0 e. The first-order valence-corrected chi connectivity index (χ1v) is 7.53. The maximum atomic E-state index is 2.21. The first-order valence-electron chi connectivity index (χ1n) is 7.53. The van der Waals surface area contributed by atoms with E-state index in [1.807, 2.05) is 0 Å². The molecule has 0 saturated carbocycles. The second-order valence-electron chi connectivity index (χ2n) is 6.13. The van der Waals surface area contributed by atoms with Gasteiger partial charge in [0.05, 0.1) is 0 Å². The second-order valence-corrected chi connectivity index (χ2v) is 6.13. The van der Waals surface area contributed by atoms with Crippen LogP contribution in [0.1, 0.15) is 61.8 Å². The molecule has 0 aliphatic carbocycles. The van der Waals surface area contributed by atoms with Gasteiger partial charge in [0.2, 0.25) is 0 Å². The summed E-state index contributed by atoms with van der Waals surface area (Å²) in [6.45, 7) is 13.1. The minimum absolute atomic E-state index is 0. The van der Waals surface area contributed by atoms with Gasteiger partial charge in [-0.05, 0) is 36.8 Å². The van der Waals surface area contributed by atoms with Crippen molar-refractivity contribution in [3.63, 3.8) is 0 Å². The molecule has 0 atom stereocenters. The Kier molecular flexibility index (Phi) is 13.2. The third-order valence-electron chi connectivity index (χ3n) is 3.49. The predicted molar refractivity (Wildman–Crippen MR) is 90.5 cm³/mol. The SMILES string of the molecule is Cc1ccc(C(C)C)cc1.Cc1ccc(C(C)C)cc1.[Ru].[Ru]. The molecular formula is C20H28Ru2. The van der Waals surface area contributed by atoms with Gasteiger partial charge in [-0.1, -0.05) is 87.4 Å². The van der Waals surface area contributed by atoms with Gasteiger partial charge in [-0.15, -0.1) is 0 Å². The summed E-state index contributed by atoms with van der Waals surface area (Å²) in [6, 6.07) is 17.4. The molecule has 0 spiro atoms. The van der Waals surface area contributed by atoms with Crippen molar-refractivity contribution in [2.24, 2.45) is 0 Å². The van der Waals surface area contributed by atoms with Crippen LogP contribution in [0.2, 0.25) is 0 Å². The zero-order valence-corrected chi connectivity index (χ0v) is 18.0. The van der Waals surface area contributed by atoms with Gasteiger partial charge in [0, 0.05) is 39.0 Å². The Morgan fingerprint density at radius 3 is 0.909 bits per heavy atom. The molecule has 0 heterocycles. The van der Waals surface area contributed by atoms with E-state index in [4.69, 9.17) is 0 Å². The van der Waals surface area contributed by atoms with Crippen molar-refractivity contribution in [3.05, 3.63) is 70.8 Å². The Labute approximate surface area is 162 Å². The summed E-state index contributed by atoms with van der Waals surface area (Å²) < 4.78 is 0. The van der Waals surface area contributed by atoms with Crippen molar-refractivity contribution in [1.29, 1.82) is 0 Å². The summed E-state index contributed by atoms with van der Waals surface area (Å²) in [6.07, 6.45) is 0. The summed E-state index contributed by atoms with van der Waals surface area (Å²) in [4.78, 5) is 0. The zero-order valence-electron chi connectivity index (χ0n) is 14.5. The Morgan fingerprint density at radius 1 is 0.500 bits per heavy atom. The monoisotopic (exact) mass is 472 g/mol. The molecule has 0 unspecified atom stereocenters. The molecule has 2 rings (SSSR count). The van der Waals surface area contributed by atoms with Crippen molar-refractivity contribution >= 4 is 0 Å². The van der Waals surface area contributed by atoms with Crippen molar-refractivity contribution in [1.82, 2.24) is 0 Å². The Hall–Kier alpha value is -0.313. The van der Waals surface area contributed by atoms with Crippen molar-refractivity contribution in [2.75, 3.05) is 0 Å². The van der Waals surface area contributed by atoms with Gasteiger partial charge in [-0.3, -0.25) is 0 Å². The zero-order chi connectivity index (χ0) is 15.1. The van der Waals surface area contributed by atoms with Gasteiger partial charge in [0.25, 0.3) is 0 Å². The summed E-state index contributed by atoms with van der Waals surface area (Å²) in [5.74, 6) is 1.31. The van der Waals surface area contributed by atoms with Crippen LogP contribution in [0.25, 0.3) is 0 Å². The van der Waals surface area contributed by atoms with E-state index in [0.29, 0.717) is 11.8 Å². The normalized spacial score (nSPS) is 9.45. The van der Waals surface area contributed by atoms with Crippen molar-refractivity contribution in [3.8, 4) is 0 Å². The third-order valence-corrected chi connectivity index (χ3v) is 3.49. The van der Waals surface area contributed by atoms with Crippen molar-refractivity contribution < 1.29 is 39.0 Å². The van der Waals surface area contributed by atoms with Crippen LogP contribution in [0, 0.1) is 13.8 Å². The average Bonchev–Trinajstić information content (AvgIpc) is 2.40. The topological polar surface area (TPSA) is 0 Å². The standard InChI is InChI=1S/2C10H14.2Ru/c2*1-8(2)10-6-4-9(3)5-7-10;;/h2*4-8H,1-3H3;;. The van der Waals surface area contributed by atoms with E-state index in [0.717, 1.165) is 0 Å². The first-order chi connectivity index (χ1) is 9.40. The molecule has 124 valence electrons. The van der Waals surface area contributed by atoms with Gasteiger partial charge in [-0.2, -0.15) is 0 Å². The predicted octanol–water partition coefficient (Wildman–Crippen LogP) is 6.23. The van der Waals surface area contributed by atoms with Gasteiger partial charge in [0.1, 0.15) is 0 Å². The van der Waals surface area contributed by atoms with E-state index < -0.39 is 0 Å². The molecule has 0 fully saturated rings. The molecule has 0 aliphatic heterocycles. The minimum Gasteiger partial charge on any atom is -0.0590 e. The molecule has 0 aromatic heterocycles. The van der Waals surface area contributed by atoms with E-state index in [2.05, 4.69) is 90.1 Å². The second kappa shape index (κ2) is 12.2. The summed E-state index contributed by atoms with van der Waals surface area (Å²) in [5.41, 5.74) is 5.52. The number of aryl methyl sites for hydroxylation is 2. The molecule has 0 amide bonds. The molecule has 0 bridgehead atoms. The molecule has 0 radical (unpaired) electrons. The fourth-order valence-electron chi connectivity index (χ4n) is 1.90. The Bertz CT molecular complexity index is 447. The molecule has 2 heteroatoms. The molecule has 2 aromatic rings. The maximum absolute atomic E-state index is 2.21. The molecule has 22 heavy (non-hydrogen) atoms. The van der Waals surface area contributed by atoms with E-state index in [1.165, 1.54) is 22.3 Å². The number of rotatable bonds is 2.